The lowest BCUT2D eigenvalue weighted by atomic mass is 10.1. The Hall–Kier alpha value is -3.02. The minimum Gasteiger partial charge on any atom is -0.756 e. The Bertz CT molecular complexity index is 2380. The fourth-order valence-electron chi connectivity index (χ4n) is 14.7. The van der Waals surface area contributed by atoms with Gasteiger partial charge in [0.15, 0.2) is 12.2 Å². The Labute approximate surface area is 765 Å². The van der Waals surface area contributed by atoms with Crippen molar-refractivity contribution in [2.45, 2.75) is 502 Å². The van der Waals surface area contributed by atoms with E-state index in [1.165, 1.54) is 347 Å². The number of ether oxygens (including phenoxy) is 4. The molecular weight excluding hydrogens is 1600 g/mol. The van der Waals surface area contributed by atoms with Crippen molar-refractivity contribution in [3.05, 3.63) is 48.6 Å². The van der Waals surface area contributed by atoms with Crippen molar-refractivity contribution >= 4 is 39.5 Å². The van der Waals surface area contributed by atoms with Gasteiger partial charge >= 0.3 is 23.9 Å². The number of rotatable bonds is 96. The number of nitrogens with zero attached hydrogens (tertiary/aromatic N) is 2. The highest BCUT2D eigenvalue weighted by Gasteiger charge is 2.24. The second-order valence-corrected chi connectivity index (χ2v) is 40.6. The van der Waals surface area contributed by atoms with Gasteiger partial charge in [-0.25, -0.2) is 0 Å². The van der Waals surface area contributed by atoms with Crippen LogP contribution in [-0.2, 0) is 65.4 Å². The normalized spacial score (nSPS) is 13.6. The summed E-state index contributed by atoms with van der Waals surface area (Å²) in [5, 5.41) is 0. The molecule has 0 aliphatic carbocycles. The van der Waals surface area contributed by atoms with Crippen LogP contribution in [0, 0.1) is 0 Å². The molecule has 0 amide bonds. The molecule has 0 saturated carbocycles. The van der Waals surface area contributed by atoms with Gasteiger partial charge in [0.25, 0.3) is 15.6 Å². The Kier molecular flexibility index (Phi) is 92.5. The van der Waals surface area contributed by atoms with Gasteiger partial charge in [-0.3, -0.25) is 28.3 Å². The maximum Gasteiger partial charge on any atom is 0.306 e. The van der Waals surface area contributed by atoms with Crippen molar-refractivity contribution in [1.82, 2.24) is 0 Å². The highest BCUT2D eigenvalue weighted by atomic mass is 31.2. The summed E-state index contributed by atoms with van der Waals surface area (Å²) in [7, 11) is 2.34. The zero-order chi connectivity index (χ0) is 91.3. The predicted molar refractivity (Wildman–Crippen MR) is 518 cm³/mol. The lowest BCUT2D eigenvalue weighted by Crippen LogP contribution is -2.37. The van der Waals surface area contributed by atoms with Gasteiger partial charge in [0, 0.05) is 25.7 Å². The minimum absolute atomic E-state index is 0.0298. The Morgan fingerprint density at radius 1 is 0.242 bits per heavy atom. The summed E-state index contributed by atoms with van der Waals surface area (Å²) in [6.45, 7) is 8.51. The SMILES string of the molecule is CCCCCCCC/C=C\CCCCCCCCCCCC(=O)OC[C@H](COP(=O)([O-])OCC[N+](C)(C)C)OC(=O)CCCCCCCCCCC/C=C\CCCCCCCC.CCCCCCCC/C=C\CCCCCCCCCCCC(=O)OC[C@H](COP(=O)([O-])OCC[N+](C)(C)C)OC(=O)CCCCCCCCCCC/C=C\CCCCCCCC. The van der Waals surface area contributed by atoms with Crippen LogP contribution in [0.15, 0.2) is 48.6 Å². The third-order valence-corrected chi connectivity index (χ3v) is 24.8. The first kappa shape index (κ1) is 123. The third-order valence-electron chi connectivity index (χ3n) is 22.9. The van der Waals surface area contributed by atoms with E-state index in [1.807, 2.05) is 42.3 Å². The summed E-state index contributed by atoms with van der Waals surface area (Å²) in [5.41, 5.74) is 0. The summed E-state index contributed by atoms with van der Waals surface area (Å²) < 4.78 is 68.1. The molecule has 2 unspecified atom stereocenters. The van der Waals surface area contributed by atoms with E-state index in [1.54, 1.807) is 0 Å². The molecule has 0 heterocycles. The van der Waals surface area contributed by atoms with Crippen LogP contribution in [0.1, 0.15) is 490 Å². The number of quaternary nitrogens is 2. The molecular formula is C104H200N2O16P2. The molecule has 0 aromatic rings. The van der Waals surface area contributed by atoms with Gasteiger partial charge in [0.2, 0.25) is 0 Å². The molecule has 0 saturated heterocycles. The number of phosphoric ester groups is 2. The molecule has 0 radical (unpaired) electrons. The molecule has 20 heteroatoms. The molecule has 18 nitrogen and oxygen atoms in total. The number of phosphoric acid groups is 2. The monoisotopic (exact) mass is 1800 g/mol. The number of hydrogen-bond acceptors (Lipinski definition) is 16. The minimum atomic E-state index is -4.63. The van der Waals surface area contributed by atoms with Crippen LogP contribution in [0.25, 0.3) is 0 Å². The number of esters is 4. The Balaban J connectivity index is 0. The van der Waals surface area contributed by atoms with Crippen LogP contribution in [0.3, 0.4) is 0 Å². The van der Waals surface area contributed by atoms with Crippen LogP contribution in [0.5, 0.6) is 0 Å². The molecule has 0 bridgehead atoms. The lowest BCUT2D eigenvalue weighted by Gasteiger charge is -2.28. The summed E-state index contributed by atoms with van der Waals surface area (Å²) >= 11 is 0. The fourth-order valence-corrected chi connectivity index (χ4v) is 16.2. The van der Waals surface area contributed by atoms with Crippen molar-refractivity contribution in [3.63, 3.8) is 0 Å². The van der Waals surface area contributed by atoms with Gasteiger partial charge in [-0.15, -0.1) is 0 Å². The standard InChI is InChI=1S/2C52H100NO8P/c2*1-6-8-10-12-14-16-18-20-22-24-26-28-30-32-34-36-38-40-42-44-51(54)58-48-50(49-60-62(56,57)59-47-46-53(3,4)5)61-52(55)45-43-41-39-37-35-33-31-29-27-25-23-21-19-17-15-13-11-9-7-2/h2*20-23,50H,6-19,24-49H2,1-5H3/b2*22-20-,23-21-/t2*50-/m11/s1. The third kappa shape index (κ3) is 103. The molecule has 4 atom stereocenters. The van der Waals surface area contributed by atoms with Gasteiger partial charge in [-0.2, -0.15) is 0 Å². The number of unbranched alkanes of at least 4 members (excludes halogenated alkanes) is 60. The second kappa shape index (κ2) is 93.2. The second-order valence-electron chi connectivity index (χ2n) is 37.8. The molecule has 124 heavy (non-hydrogen) atoms. The average Bonchev–Trinajstić information content (AvgIpc) is 0.905. The van der Waals surface area contributed by atoms with Crippen molar-refractivity contribution in [2.24, 2.45) is 0 Å². The molecule has 0 aliphatic rings. The van der Waals surface area contributed by atoms with E-state index in [-0.39, 0.29) is 64.0 Å². The number of carbonyl (C=O) groups excluding carboxylic acids is 4. The summed E-state index contributed by atoms with van der Waals surface area (Å²) in [4.78, 5) is 75.5. The quantitative estimate of drug-likeness (QED) is 0.0138. The molecule has 0 fully saturated rings. The summed E-state index contributed by atoms with van der Waals surface area (Å²) in [5.74, 6) is -1.66. The molecule has 0 aromatic carbocycles. The van der Waals surface area contributed by atoms with Gasteiger partial charge < -0.3 is 55.8 Å². The maximum absolute atomic E-state index is 12.7. The summed E-state index contributed by atoms with van der Waals surface area (Å²) in [6.07, 6.45) is 101. The van der Waals surface area contributed by atoms with E-state index in [0.29, 0.717) is 34.9 Å². The maximum atomic E-state index is 12.7. The first-order valence-corrected chi connectivity index (χ1v) is 55.0. The highest BCUT2D eigenvalue weighted by molar-refractivity contribution is 7.46. The van der Waals surface area contributed by atoms with Gasteiger partial charge in [-0.1, -0.05) is 385 Å². The zero-order valence-corrected chi connectivity index (χ0v) is 84.5. The molecule has 0 aromatic heterocycles. The number of hydrogen-bond donors (Lipinski definition) is 0. The van der Waals surface area contributed by atoms with Crippen molar-refractivity contribution in [2.75, 3.05) is 95.0 Å². The van der Waals surface area contributed by atoms with Crippen LogP contribution in [0.2, 0.25) is 0 Å². The lowest BCUT2D eigenvalue weighted by molar-refractivity contribution is -0.870. The number of likely N-dealkylation sites (N-methyl/N-ethyl adjacent to an activating group) is 2. The van der Waals surface area contributed by atoms with Crippen molar-refractivity contribution in [1.29, 1.82) is 0 Å². The largest absolute Gasteiger partial charge is 0.756 e. The fraction of sp³-hybridized carbons (Fsp3) is 0.885. The highest BCUT2D eigenvalue weighted by Crippen LogP contribution is 2.40. The topological polar surface area (TPSA) is 222 Å². The van der Waals surface area contributed by atoms with E-state index >= 15 is 0 Å². The smallest absolute Gasteiger partial charge is 0.306 e. The first-order chi connectivity index (χ1) is 60.0. The van der Waals surface area contributed by atoms with Crippen molar-refractivity contribution in [3.8, 4) is 0 Å². The average molecular weight is 1800 g/mol. The zero-order valence-electron chi connectivity index (χ0n) is 82.7. The molecule has 0 N–H and O–H groups in total. The van der Waals surface area contributed by atoms with Gasteiger partial charge in [-0.05, 0) is 128 Å². The summed E-state index contributed by atoms with van der Waals surface area (Å²) in [6, 6.07) is 0. The van der Waals surface area contributed by atoms with E-state index in [0.717, 1.165) is 77.0 Å². The number of allylic oxidation sites excluding steroid dienone is 8. The van der Waals surface area contributed by atoms with Crippen molar-refractivity contribution < 1.29 is 84.1 Å². The Morgan fingerprint density at radius 3 is 0.597 bits per heavy atom. The first-order valence-electron chi connectivity index (χ1n) is 52.1. The van der Waals surface area contributed by atoms with E-state index in [2.05, 4.69) is 76.3 Å². The Morgan fingerprint density at radius 2 is 0.411 bits per heavy atom. The van der Waals surface area contributed by atoms with E-state index < -0.39 is 53.0 Å². The van der Waals surface area contributed by atoms with Crippen LogP contribution in [-0.4, -0.2) is 140 Å². The van der Waals surface area contributed by atoms with E-state index in [4.69, 9.17) is 37.0 Å². The molecule has 0 spiro atoms. The van der Waals surface area contributed by atoms with Crippen LogP contribution < -0.4 is 9.79 Å². The van der Waals surface area contributed by atoms with Gasteiger partial charge in [0.05, 0.1) is 55.5 Å². The van der Waals surface area contributed by atoms with Crippen LogP contribution >= 0.6 is 15.6 Å². The molecule has 0 rings (SSSR count). The van der Waals surface area contributed by atoms with Gasteiger partial charge in [0.1, 0.15) is 39.5 Å². The molecule has 0 aliphatic heterocycles. The number of carbonyl (C=O) groups is 4. The predicted octanol–water partition coefficient (Wildman–Crippen LogP) is 29.7. The van der Waals surface area contributed by atoms with E-state index in [9.17, 15) is 38.1 Å². The van der Waals surface area contributed by atoms with Crippen LogP contribution in [0.4, 0.5) is 0 Å². The molecule has 732 valence electrons.